The van der Waals surface area contributed by atoms with Gasteiger partial charge in [0.25, 0.3) is 0 Å². The third-order valence-corrected chi connectivity index (χ3v) is 3.18. The Bertz CT molecular complexity index is 184. The Morgan fingerprint density at radius 3 is 2.77 bits per heavy atom. The van der Waals surface area contributed by atoms with Crippen molar-refractivity contribution in [3.63, 3.8) is 0 Å². The van der Waals surface area contributed by atoms with Crippen LogP contribution in [0.1, 0.15) is 39.5 Å². The van der Waals surface area contributed by atoms with Gasteiger partial charge in [0.2, 0.25) is 0 Å². The van der Waals surface area contributed by atoms with Crippen LogP contribution in [0.3, 0.4) is 0 Å². The van der Waals surface area contributed by atoms with Gasteiger partial charge in [-0.3, -0.25) is 0 Å². The second kappa shape index (κ2) is 5.21. The molecule has 1 heteroatoms. The quantitative estimate of drug-likeness (QED) is 0.481. The van der Waals surface area contributed by atoms with Crippen LogP contribution in [0.5, 0.6) is 0 Å². The van der Waals surface area contributed by atoms with Gasteiger partial charge in [0, 0.05) is 5.92 Å². The van der Waals surface area contributed by atoms with Crippen molar-refractivity contribution in [2.45, 2.75) is 39.5 Å². The molecule has 0 aromatic heterocycles. The van der Waals surface area contributed by atoms with E-state index in [1.54, 1.807) is 0 Å². The molecule has 3 atom stereocenters. The Balaban J connectivity index is 2.45. The van der Waals surface area contributed by atoms with E-state index in [4.69, 9.17) is 0 Å². The van der Waals surface area contributed by atoms with E-state index in [-0.39, 0.29) is 5.92 Å². The van der Waals surface area contributed by atoms with Gasteiger partial charge in [-0.05, 0) is 38.0 Å². The molecule has 1 rings (SSSR count). The molecule has 0 amide bonds. The Morgan fingerprint density at radius 1 is 1.38 bits per heavy atom. The fourth-order valence-corrected chi connectivity index (χ4v) is 2.30. The number of hydrogen-bond donors (Lipinski definition) is 0. The fourth-order valence-electron chi connectivity index (χ4n) is 2.30. The molecule has 1 saturated carbocycles. The van der Waals surface area contributed by atoms with Gasteiger partial charge in [-0.2, -0.15) is 0 Å². The molecule has 0 aromatic carbocycles. The van der Waals surface area contributed by atoms with Crippen LogP contribution in [0.15, 0.2) is 12.2 Å². The van der Waals surface area contributed by atoms with E-state index in [1.807, 2.05) is 0 Å². The highest BCUT2D eigenvalue weighted by molar-refractivity contribution is 5.53. The van der Waals surface area contributed by atoms with Gasteiger partial charge in [-0.25, -0.2) is 0 Å². The normalized spacial score (nSPS) is 31.8. The minimum Gasteiger partial charge on any atom is -0.303 e. The van der Waals surface area contributed by atoms with E-state index in [1.165, 1.54) is 25.7 Å². The first-order valence-corrected chi connectivity index (χ1v) is 5.36. The third kappa shape index (κ3) is 2.98. The van der Waals surface area contributed by atoms with E-state index < -0.39 is 0 Å². The van der Waals surface area contributed by atoms with Gasteiger partial charge < -0.3 is 4.79 Å². The van der Waals surface area contributed by atoms with Gasteiger partial charge in [0.1, 0.15) is 6.29 Å². The standard InChI is InChI=1S/C12H20O/c1-3-5-11-6-4-7-12(8-11)10(2)9-13/h3,5,9-12H,4,6-8H2,1-2H3/b5-3+. The molecule has 0 bridgehead atoms. The predicted octanol–water partition coefficient (Wildman–Crippen LogP) is 3.20. The van der Waals surface area contributed by atoms with Gasteiger partial charge in [-0.1, -0.05) is 25.5 Å². The van der Waals surface area contributed by atoms with E-state index >= 15 is 0 Å². The van der Waals surface area contributed by atoms with Crippen LogP contribution >= 0.6 is 0 Å². The number of carbonyl (C=O) groups is 1. The summed E-state index contributed by atoms with van der Waals surface area (Å²) in [5.74, 6) is 1.62. The molecule has 0 aliphatic heterocycles. The number of carbonyl (C=O) groups excluding carboxylic acids is 1. The van der Waals surface area contributed by atoms with Crippen molar-refractivity contribution in [1.82, 2.24) is 0 Å². The Kier molecular flexibility index (Phi) is 4.20. The first-order valence-electron chi connectivity index (χ1n) is 5.36. The first kappa shape index (κ1) is 10.5. The lowest BCUT2D eigenvalue weighted by atomic mass is 9.76. The molecule has 74 valence electrons. The summed E-state index contributed by atoms with van der Waals surface area (Å²) in [5, 5.41) is 0. The Morgan fingerprint density at radius 2 is 2.15 bits per heavy atom. The van der Waals surface area contributed by atoms with Crippen LogP contribution in [0.25, 0.3) is 0 Å². The van der Waals surface area contributed by atoms with E-state index in [0.29, 0.717) is 5.92 Å². The predicted molar refractivity (Wildman–Crippen MR) is 55.5 cm³/mol. The molecule has 1 aliphatic carbocycles. The number of rotatable bonds is 3. The van der Waals surface area contributed by atoms with Crippen LogP contribution in [0.2, 0.25) is 0 Å². The Labute approximate surface area is 81.2 Å². The van der Waals surface area contributed by atoms with Crippen molar-refractivity contribution in [1.29, 1.82) is 0 Å². The maximum absolute atomic E-state index is 10.7. The largest absolute Gasteiger partial charge is 0.303 e. The summed E-state index contributed by atoms with van der Waals surface area (Å²) in [5.41, 5.74) is 0. The molecule has 0 spiro atoms. The molecular formula is C12H20O. The lowest BCUT2D eigenvalue weighted by Gasteiger charge is -2.29. The number of allylic oxidation sites excluding steroid dienone is 2. The smallest absolute Gasteiger partial charge is 0.123 e. The summed E-state index contributed by atoms with van der Waals surface area (Å²) in [7, 11) is 0. The van der Waals surface area contributed by atoms with Crippen LogP contribution in [0, 0.1) is 17.8 Å². The SMILES string of the molecule is C/C=C/C1CCCC(C(C)C=O)C1. The molecule has 0 radical (unpaired) electrons. The van der Waals surface area contributed by atoms with Crippen molar-refractivity contribution in [3.8, 4) is 0 Å². The topological polar surface area (TPSA) is 17.1 Å². The summed E-state index contributed by atoms with van der Waals surface area (Å²) < 4.78 is 0. The molecule has 0 heterocycles. The summed E-state index contributed by atoms with van der Waals surface area (Å²) in [6, 6.07) is 0. The summed E-state index contributed by atoms with van der Waals surface area (Å²) in [6.45, 7) is 4.13. The van der Waals surface area contributed by atoms with E-state index in [9.17, 15) is 4.79 Å². The molecule has 1 aliphatic rings. The van der Waals surface area contributed by atoms with Crippen molar-refractivity contribution >= 4 is 6.29 Å². The van der Waals surface area contributed by atoms with Crippen molar-refractivity contribution in [2.75, 3.05) is 0 Å². The lowest BCUT2D eigenvalue weighted by molar-refractivity contribution is -0.112. The fraction of sp³-hybridized carbons (Fsp3) is 0.750. The highest BCUT2D eigenvalue weighted by atomic mass is 16.1. The second-order valence-electron chi connectivity index (χ2n) is 4.21. The minimum atomic E-state index is 0.257. The zero-order valence-electron chi connectivity index (χ0n) is 8.70. The first-order chi connectivity index (χ1) is 6.27. The van der Waals surface area contributed by atoms with Gasteiger partial charge >= 0.3 is 0 Å². The van der Waals surface area contributed by atoms with Crippen LogP contribution in [-0.2, 0) is 4.79 Å². The van der Waals surface area contributed by atoms with E-state index in [2.05, 4.69) is 26.0 Å². The highest BCUT2D eigenvalue weighted by Gasteiger charge is 2.24. The molecule has 0 aromatic rings. The summed E-state index contributed by atoms with van der Waals surface area (Å²) in [6.07, 6.45) is 10.6. The van der Waals surface area contributed by atoms with Crippen molar-refractivity contribution < 1.29 is 4.79 Å². The maximum Gasteiger partial charge on any atom is 0.123 e. The van der Waals surface area contributed by atoms with Crippen LogP contribution in [0.4, 0.5) is 0 Å². The number of aldehydes is 1. The molecule has 13 heavy (non-hydrogen) atoms. The summed E-state index contributed by atoms with van der Waals surface area (Å²) in [4.78, 5) is 10.7. The van der Waals surface area contributed by atoms with Gasteiger partial charge in [0.15, 0.2) is 0 Å². The van der Waals surface area contributed by atoms with Gasteiger partial charge in [-0.15, -0.1) is 0 Å². The number of hydrogen-bond acceptors (Lipinski definition) is 1. The van der Waals surface area contributed by atoms with Crippen LogP contribution in [-0.4, -0.2) is 6.29 Å². The second-order valence-corrected chi connectivity index (χ2v) is 4.21. The zero-order chi connectivity index (χ0) is 9.68. The Hall–Kier alpha value is -0.590. The molecule has 0 saturated heterocycles. The third-order valence-electron chi connectivity index (χ3n) is 3.18. The monoisotopic (exact) mass is 180 g/mol. The van der Waals surface area contributed by atoms with Crippen LogP contribution < -0.4 is 0 Å². The maximum atomic E-state index is 10.7. The summed E-state index contributed by atoms with van der Waals surface area (Å²) >= 11 is 0. The van der Waals surface area contributed by atoms with E-state index in [0.717, 1.165) is 12.2 Å². The highest BCUT2D eigenvalue weighted by Crippen LogP contribution is 2.33. The average molecular weight is 180 g/mol. The minimum absolute atomic E-state index is 0.257. The molecule has 1 fully saturated rings. The van der Waals surface area contributed by atoms with Crippen molar-refractivity contribution in [2.24, 2.45) is 17.8 Å². The van der Waals surface area contributed by atoms with Crippen molar-refractivity contribution in [3.05, 3.63) is 12.2 Å². The molecule has 3 unspecified atom stereocenters. The molecule has 1 nitrogen and oxygen atoms in total. The zero-order valence-corrected chi connectivity index (χ0v) is 8.70. The van der Waals surface area contributed by atoms with Gasteiger partial charge in [0.05, 0.1) is 0 Å². The lowest BCUT2D eigenvalue weighted by Crippen LogP contribution is -2.21. The average Bonchev–Trinajstić information content (AvgIpc) is 2.18. The molecule has 0 N–H and O–H groups in total. The molecular weight excluding hydrogens is 160 g/mol.